The Morgan fingerprint density at radius 2 is 2.16 bits per heavy atom. The second-order valence-electron chi connectivity index (χ2n) is 5.09. The molecule has 1 rings (SSSR count). The van der Waals surface area contributed by atoms with E-state index in [1.165, 1.54) is 24.8 Å². The average Bonchev–Trinajstić information content (AvgIpc) is 2.37. The van der Waals surface area contributed by atoms with Gasteiger partial charge in [0.05, 0.1) is 0 Å². The van der Waals surface area contributed by atoms with Gasteiger partial charge >= 0.3 is 0 Å². The normalized spacial score (nSPS) is 12.2. The molecule has 1 aromatic rings. The molecule has 0 aliphatic heterocycles. The third kappa shape index (κ3) is 7.36. The zero-order chi connectivity index (χ0) is 14.1. The van der Waals surface area contributed by atoms with Crippen LogP contribution in [0.4, 0.5) is 0 Å². The van der Waals surface area contributed by atoms with E-state index < -0.39 is 0 Å². The molecule has 1 N–H and O–H groups in total. The van der Waals surface area contributed by atoms with Gasteiger partial charge in [-0.3, -0.25) is 4.79 Å². The summed E-state index contributed by atoms with van der Waals surface area (Å²) < 4.78 is 1.07. The predicted octanol–water partition coefficient (Wildman–Crippen LogP) is 4.47. The molecular formula is C16H24BrNO. The number of amides is 1. The lowest BCUT2D eigenvalue weighted by molar-refractivity contribution is -0.121. The van der Waals surface area contributed by atoms with Gasteiger partial charge in [0.25, 0.3) is 0 Å². The molecule has 0 radical (unpaired) electrons. The number of aryl methyl sites for hydroxylation is 1. The molecule has 19 heavy (non-hydrogen) atoms. The molecule has 0 fully saturated rings. The summed E-state index contributed by atoms with van der Waals surface area (Å²) in [4.78, 5) is 11.8. The first-order chi connectivity index (χ1) is 9.11. The maximum absolute atomic E-state index is 11.8. The highest BCUT2D eigenvalue weighted by Crippen LogP contribution is 2.13. The van der Waals surface area contributed by atoms with Gasteiger partial charge in [0, 0.05) is 16.9 Å². The van der Waals surface area contributed by atoms with Gasteiger partial charge in [0.2, 0.25) is 5.91 Å². The standard InChI is InChI=1S/C16H24BrNO/c1-3-4-5-7-13(2)18-16(19)11-10-14-8-6-9-15(17)12-14/h6,8-9,12-13H,3-5,7,10-11H2,1-2H3,(H,18,19). The van der Waals surface area contributed by atoms with Crippen molar-refractivity contribution < 1.29 is 4.79 Å². The summed E-state index contributed by atoms with van der Waals surface area (Å²) in [6, 6.07) is 8.42. The molecule has 0 spiro atoms. The Morgan fingerprint density at radius 3 is 2.84 bits per heavy atom. The molecule has 0 aromatic heterocycles. The Kier molecular flexibility index (Phi) is 7.80. The lowest BCUT2D eigenvalue weighted by Crippen LogP contribution is -2.32. The number of unbranched alkanes of at least 4 members (excludes halogenated alkanes) is 2. The van der Waals surface area contributed by atoms with Crippen molar-refractivity contribution in [3.63, 3.8) is 0 Å². The van der Waals surface area contributed by atoms with Gasteiger partial charge in [-0.1, -0.05) is 54.2 Å². The lowest BCUT2D eigenvalue weighted by Gasteiger charge is -2.13. The largest absolute Gasteiger partial charge is 0.354 e. The van der Waals surface area contributed by atoms with Crippen LogP contribution in [-0.4, -0.2) is 11.9 Å². The van der Waals surface area contributed by atoms with Gasteiger partial charge in [-0.15, -0.1) is 0 Å². The predicted molar refractivity (Wildman–Crippen MR) is 84.2 cm³/mol. The molecule has 1 unspecified atom stereocenters. The molecule has 0 bridgehead atoms. The van der Waals surface area contributed by atoms with E-state index in [1.807, 2.05) is 12.1 Å². The number of carbonyl (C=O) groups is 1. The third-order valence-corrected chi connectivity index (χ3v) is 3.67. The Bertz CT molecular complexity index is 392. The maximum Gasteiger partial charge on any atom is 0.220 e. The topological polar surface area (TPSA) is 29.1 Å². The SMILES string of the molecule is CCCCCC(C)NC(=O)CCc1cccc(Br)c1. The van der Waals surface area contributed by atoms with Crippen LogP contribution in [0.2, 0.25) is 0 Å². The van der Waals surface area contributed by atoms with Crippen molar-refractivity contribution in [1.29, 1.82) is 0 Å². The summed E-state index contributed by atoms with van der Waals surface area (Å²) in [7, 11) is 0. The van der Waals surface area contributed by atoms with E-state index in [9.17, 15) is 4.79 Å². The first kappa shape index (κ1) is 16.2. The van der Waals surface area contributed by atoms with Crippen LogP contribution in [0.15, 0.2) is 28.7 Å². The van der Waals surface area contributed by atoms with Crippen molar-refractivity contribution in [3.8, 4) is 0 Å². The molecule has 2 nitrogen and oxygen atoms in total. The Labute approximate surface area is 125 Å². The summed E-state index contributed by atoms with van der Waals surface area (Å²) in [6.07, 6.45) is 6.11. The highest BCUT2D eigenvalue weighted by atomic mass is 79.9. The quantitative estimate of drug-likeness (QED) is 0.702. The highest BCUT2D eigenvalue weighted by Gasteiger charge is 2.07. The fraction of sp³-hybridized carbons (Fsp3) is 0.562. The van der Waals surface area contributed by atoms with E-state index in [0.29, 0.717) is 12.5 Å². The van der Waals surface area contributed by atoms with Crippen LogP contribution in [0.25, 0.3) is 0 Å². The van der Waals surface area contributed by atoms with E-state index in [2.05, 4.69) is 47.2 Å². The second-order valence-corrected chi connectivity index (χ2v) is 6.01. The van der Waals surface area contributed by atoms with E-state index in [1.54, 1.807) is 0 Å². The average molecular weight is 326 g/mol. The minimum absolute atomic E-state index is 0.156. The maximum atomic E-state index is 11.8. The second kappa shape index (κ2) is 9.13. The summed E-state index contributed by atoms with van der Waals surface area (Å²) >= 11 is 3.44. The van der Waals surface area contributed by atoms with Crippen LogP contribution < -0.4 is 5.32 Å². The summed E-state index contributed by atoms with van der Waals surface area (Å²) in [6.45, 7) is 4.29. The number of nitrogens with one attached hydrogen (secondary N) is 1. The molecule has 0 saturated carbocycles. The molecule has 1 amide bonds. The number of carbonyl (C=O) groups excluding carboxylic acids is 1. The molecule has 0 saturated heterocycles. The molecular weight excluding hydrogens is 302 g/mol. The Hall–Kier alpha value is -0.830. The van der Waals surface area contributed by atoms with E-state index in [-0.39, 0.29) is 5.91 Å². The van der Waals surface area contributed by atoms with Crippen LogP contribution in [0.5, 0.6) is 0 Å². The lowest BCUT2D eigenvalue weighted by atomic mass is 10.1. The molecule has 3 heteroatoms. The van der Waals surface area contributed by atoms with Crippen LogP contribution in [-0.2, 0) is 11.2 Å². The minimum Gasteiger partial charge on any atom is -0.354 e. The van der Waals surface area contributed by atoms with Crippen LogP contribution in [0, 0.1) is 0 Å². The number of benzene rings is 1. The molecule has 0 aliphatic rings. The summed E-state index contributed by atoms with van der Waals surface area (Å²) in [5.74, 6) is 0.156. The van der Waals surface area contributed by atoms with E-state index >= 15 is 0 Å². The minimum atomic E-state index is 0.156. The third-order valence-electron chi connectivity index (χ3n) is 3.18. The van der Waals surface area contributed by atoms with Crippen molar-refractivity contribution >= 4 is 21.8 Å². The number of hydrogen-bond donors (Lipinski definition) is 1. The summed E-state index contributed by atoms with van der Waals surface area (Å²) in [5, 5.41) is 3.07. The Balaban J connectivity index is 2.24. The highest BCUT2D eigenvalue weighted by molar-refractivity contribution is 9.10. The van der Waals surface area contributed by atoms with Gasteiger partial charge < -0.3 is 5.32 Å². The van der Waals surface area contributed by atoms with Crippen molar-refractivity contribution in [1.82, 2.24) is 5.32 Å². The first-order valence-corrected chi connectivity index (χ1v) is 7.95. The fourth-order valence-corrected chi connectivity index (χ4v) is 2.52. The Morgan fingerprint density at radius 1 is 1.37 bits per heavy atom. The van der Waals surface area contributed by atoms with Gasteiger partial charge in [0.1, 0.15) is 0 Å². The number of hydrogen-bond acceptors (Lipinski definition) is 1. The molecule has 1 atom stereocenters. The van der Waals surface area contributed by atoms with Crippen molar-refractivity contribution in [2.75, 3.05) is 0 Å². The van der Waals surface area contributed by atoms with Gasteiger partial charge in [-0.05, 0) is 37.5 Å². The van der Waals surface area contributed by atoms with Crippen molar-refractivity contribution in [2.24, 2.45) is 0 Å². The molecule has 0 aliphatic carbocycles. The van der Waals surface area contributed by atoms with Crippen LogP contribution in [0.1, 0.15) is 51.5 Å². The van der Waals surface area contributed by atoms with Crippen LogP contribution in [0.3, 0.4) is 0 Å². The first-order valence-electron chi connectivity index (χ1n) is 7.15. The molecule has 1 aromatic carbocycles. The van der Waals surface area contributed by atoms with E-state index in [4.69, 9.17) is 0 Å². The van der Waals surface area contributed by atoms with E-state index in [0.717, 1.165) is 17.3 Å². The van der Waals surface area contributed by atoms with Gasteiger partial charge in [-0.2, -0.15) is 0 Å². The van der Waals surface area contributed by atoms with Gasteiger partial charge in [0.15, 0.2) is 0 Å². The summed E-state index contributed by atoms with van der Waals surface area (Å²) in [5.41, 5.74) is 1.20. The fourth-order valence-electron chi connectivity index (χ4n) is 2.07. The van der Waals surface area contributed by atoms with Crippen molar-refractivity contribution in [2.45, 2.75) is 58.4 Å². The zero-order valence-electron chi connectivity index (χ0n) is 11.9. The molecule has 0 heterocycles. The monoisotopic (exact) mass is 325 g/mol. The van der Waals surface area contributed by atoms with Crippen LogP contribution >= 0.6 is 15.9 Å². The number of halogens is 1. The zero-order valence-corrected chi connectivity index (χ0v) is 13.5. The smallest absolute Gasteiger partial charge is 0.220 e. The number of rotatable bonds is 8. The molecule has 106 valence electrons. The van der Waals surface area contributed by atoms with Gasteiger partial charge in [-0.25, -0.2) is 0 Å². The van der Waals surface area contributed by atoms with Crippen molar-refractivity contribution in [3.05, 3.63) is 34.3 Å².